The number of hydrogen-bond donors (Lipinski definition) is 1. The number of rotatable bonds is 5. The van der Waals surface area contributed by atoms with E-state index in [0.29, 0.717) is 5.56 Å². The number of carboxylic acids is 1. The maximum absolute atomic E-state index is 11.0. The Morgan fingerprint density at radius 1 is 1.35 bits per heavy atom. The average Bonchev–Trinajstić information content (AvgIpc) is 2.25. The molecule has 0 saturated heterocycles. The SMILES string of the molecule is CC(=O)CC(C(=O)O)c1ccc([N+](=O)[O-])cc1. The topological polar surface area (TPSA) is 97.5 Å². The number of Topliss-reactive ketones (excluding diaryl/α,β-unsaturated/α-hetero) is 1. The van der Waals surface area contributed by atoms with E-state index >= 15 is 0 Å². The van der Waals surface area contributed by atoms with Gasteiger partial charge < -0.3 is 5.11 Å². The highest BCUT2D eigenvalue weighted by molar-refractivity contribution is 5.85. The van der Waals surface area contributed by atoms with Crippen molar-refractivity contribution in [2.45, 2.75) is 19.3 Å². The van der Waals surface area contributed by atoms with Gasteiger partial charge >= 0.3 is 5.97 Å². The number of carbonyl (C=O) groups is 2. The van der Waals surface area contributed by atoms with Crippen LogP contribution in [0.25, 0.3) is 0 Å². The van der Waals surface area contributed by atoms with Crippen LogP contribution in [-0.2, 0) is 9.59 Å². The van der Waals surface area contributed by atoms with Crippen molar-refractivity contribution in [2.24, 2.45) is 0 Å². The van der Waals surface area contributed by atoms with Crippen molar-refractivity contribution in [1.82, 2.24) is 0 Å². The largest absolute Gasteiger partial charge is 0.481 e. The molecule has 1 rings (SSSR count). The van der Waals surface area contributed by atoms with Crippen LogP contribution in [0.2, 0.25) is 0 Å². The number of non-ortho nitro benzene ring substituents is 1. The van der Waals surface area contributed by atoms with E-state index < -0.39 is 16.8 Å². The van der Waals surface area contributed by atoms with E-state index in [1.54, 1.807) is 0 Å². The predicted molar refractivity (Wildman–Crippen MR) is 58.8 cm³/mol. The second kappa shape index (κ2) is 5.20. The van der Waals surface area contributed by atoms with Gasteiger partial charge in [0.15, 0.2) is 0 Å². The summed E-state index contributed by atoms with van der Waals surface area (Å²) in [5, 5.41) is 19.4. The third-order valence-corrected chi connectivity index (χ3v) is 2.30. The summed E-state index contributed by atoms with van der Waals surface area (Å²) in [4.78, 5) is 31.8. The first kappa shape index (κ1) is 12.8. The maximum Gasteiger partial charge on any atom is 0.311 e. The first-order valence-electron chi connectivity index (χ1n) is 4.88. The summed E-state index contributed by atoms with van der Waals surface area (Å²) in [5.41, 5.74) is 0.277. The van der Waals surface area contributed by atoms with Crippen molar-refractivity contribution in [2.75, 3.05) is 0 Å². The van der Waals surface area contributed by atoms with Crippen LogP contribution in [0.5, 0.6) is 0 Å². The molecule has 0 radical (unpaired) electrons. The van der Waals surface area contributed by atoms with Gasteiger partial charge in [0, 0.05) is 18.6 Å². The highest BCUT2D eigenvalue weighted by Crippen LogP contribution is 2.22. The van der Waals surface area contributed by atoms with E-state index in [1.165, 1.54) is 31.2 Å². The number of carbonyl (C=O) groups excluding carboxylic acids is 1. The minimum absolute atomic E-state index is 0.110. The molecule has 0 aliphatic rings. The Bertz CT molecular complexity index is 451. The Balaban J connectivity index is 2.99. The third-order valence-electron chi connectivity index (χ3n) is 2.30. The minimum atomic E-state index is -1.12. The molecule has 90 valence electrons. The molecule has 0 aromatic heterocycles. The van der Waals surface area contributed by atoms with Crippen LogP contribution < -0.4 is 0 Å². The predicted octanol–water partition coefficient (Wildman–Crippen LogP) is 1.74. The van der Waals surface area contributed by atoms with E-state index in [2.05, 4.69) is 0 Å². The molecule has 6 heteroatoms. The van der Waals surface area contributed by atoms with E-state index in [0.717, 1.165) is 0 Å². The molecule has 0 amide bonds. The minimum Gasteiger partial charge on any atom is -0.481 e. The number of nitrogens with zero attached hydrogens (tertiary/aromatic N) is 1. The number of nitro groups is 1. The van der Waals surface area contributed by atoms with Crippen molar-refractivity contribution in [3.8, 4) is 0 Å². The zero-order valence-electron chi connectivity index (χ0n) is 9.12. The number of carboxylic acid groups (broad SMARTS) is 1. The van der Waals surface area contributed by atoms with Gasteiger partial charge in [-0.15, -0.1) is 0 Å². The quantitative estimate of drug-likeness (QED) is 0.621. The molecule has 1 unspecified atom stereocenters. The molecule has 0 heterocycles. The molecule has 1 N–H and O–H groups in total. The second-order valence-corrected chi connectivity index (χ2v) is 3.65. The van der Waals surface area contributed by atoms with Crippen LogP contribution in [0.3, 0.4) is 0 Å². The molecule has 1 aromatic rings. The lowest BCUT2D eigenvalue weighted by molar-refractivity contribution is -0.384. The van der Waals surface area contributed by atoms with Crippen LogP contribution >= 0.6 is 0 Å². The Morgan fingerprint density at radius 3 is 2.24 bits per heavy atom. The van der Waals surface area contributed by atoms with Crippen molar-refractivity contribution in [1.29, 1.82) is 0 Å². The fourth-order valence-corrected chi connectivity index (χ4v) is 1.46. The van der Waals surface area contributed by atoms with Crippen LogP contribution in [0.1, 0.15) is 24.8 Å². The van der Waals surface area contributed by atoms with E-state index in [4.69, 9.17) is 5.11 Å². The molecule has 1 atom stereocenters. The maximum atomic E-state index is 11.0. The van der Waals surface area contributed by atoms with Crippen LogP contribution in [-0.4, -0.2) is 21.8 Å². The summed E-state index contributed by atoms with van der Waals surface area (Å²) < 4.78 is 0. The van der Waals surface area contributed by atoms with Gasteiger partial charge in [-0.25, -0.2) is 0 Å². The third kappa shape index (κ3) is 3.37. The van der Waals surface area contributed by atoms with Gasteiger partial charge in [0.1, 0.15) is 5.78 Å². The fourth-order valence-electron chi connectivity index (χ4n) is 1.46. The summed E-state index contributed by atoms with van der Waals surface area (Å²) >= 11 is 0. The van der Waals surface area contributed by atoms with Gasteiger partial charge in [0.2, 0.25) is 0 Å². The van der Waals surface area contributed by atoms with Gasteiger partial charge in [-0.1, -0.05) is 12.1 Å². The molecular formula is C11H11NO5. The van der Waals surface area contributed by atoms with Crippen molar-refractivity contribution in [3.63, 3.8) is 0 Å². The van der Waals surface area contributed by atoms with Crippen LogP contribution in [0.4, 0.5) is 5.69 Å². The Morgan fingerprint density at radius 2 is 1.88 bits per heavy atom. The first-order chi connectivity index (χ1) is 7.91. The van der Waals surface area contributed by atoms with Gasteiger partial charge in [0.25, 0.3) is 5.69 Å². The van der Waals surface area contributed by atoms with Crippen molar-refractivity contribution < 1.29 is 19.6 Å². The molecule has 1 aromatic carbocycles. The number of nitro benzene ring substituents is 1. The molecule has 0 bridgehead atoms. The van der Waals surface area contributed by atoms with Crippen LogP contribution in [0.15, 0.2) is 24.3 Å². The molecule has 0 saturated carbocycles. The summed E-state index contributed by atoms with van der Waals surface area (Å²) in [6.07, 6.45) is -0.118. The highest BCUT2D eigenvalue weighted by Gasteiger charge is 2.22. The van der Waals surface area contributed by atoms with E-state index in [1.807, 2.05) is 0 Å². The lowest BCUT2D eigenvalue weighted by Gasteiger charge is -2.10. The Hall–Kier alpha value is -2.24. The fraction of sp³-hybridized carbons (Fsp3) is 0.273. The summed E-state index contributed by atoms with van der Waals surface area (Å²) in [6.45, 7) is 1.31. The lowest BCUT2D eigenvalue weighted by atomic mass is 9.94. The molecule has 6 nitrogen and oxygen atoms in total. The van der Waals surface area contributed by atoms with Gasteiger partial charge in [-0.05, 0) is 12.5 Å². The number of benzene rings is 1. The first-order valence-corrected chi connectivity index (χ1v) is 4.88. The summed E-state index contributed by atoms with van der Waals surface area (Å²) in [6, 6.07) is 5.18. The zero-order valence-corrected chi connectivity index (χ0v) is 9.12. The summed E-state index contributed by atoms with van der Waals surface area (Å²) in [7, 11) is 0. The smallest absolute Gasteiger partial charge is 0.311 e. The Labute approximate surface area is 97.0 Å². The Kier molecular flexibility index (Phi) is 3.92. The lowest BCUT2D eigenvalue weighted by Crippen LogP contribution is -2.14. The van der Waals surface area contributed by atoms with E-state index in [9.17, 15) is 19.7 Å². The van der Waals surface area contributed by atoms with Crippen molar-refractivity contribution in [3.05, 3.63) is 39.9 Å². The van der Waals surface area contributed by atoms with Crippen LogP contribution in [0, 0.1) is 10.1 Å². The molecule has 0 fully saturated rings. The number of ketones is 1. The molecule has 0 aliphatic carbocycles. The van der Waals surface area contributed by atoms with Crippen molar-refractivity contribution >= 4 is 17.4 Å². The zero-order chi connectivity index (χ0) is 13.0. The summed E-state index contributed by atoms with van der Waals surface area (Å²) in [5.74, 6) is -2.31. The standard InChI is InChI=1S/C11H11NO5/c1-7(13)6-10(11(14)15)8-2-4-9(5-3-8)12(16)17/h2-5,10H,6H2,1H3,(H,14,15). The van der Waals surface area contributed by atoms with Gasteiger partial charge in [-0.3, -0.25) is 19.7 Å². The second-order valence-electron chi connectivity index (χ2n) is 3.65. The highest BCUT2D eigenvalue weighted by atomic mass is 16.6. The molecule has 0 spiro atoms. The molecule has 0 aliphatic heterocycles. The van der Waals surface area contributed by atoms with Gasteiger partial charge in [-0.2, -0.15) is 0 Å². The van der Waals surface area contributed by atoms with E-state index in [-0.39, 0.29) is 17.9 Å². The molecule has 17 heavy (non-hydrogen) atoms. The van der Waals surface area contributed by atoms with Gasteiger partial charge in [0.05, 0.1) is 10.8 Å². The molecular weight excluding hydrogens is 226 g/mol. The number of hydrogen-bond acceptors (Lipinski definition) is 4. The monoisotopic (exact) mass is 237 g/mol. The average molecular weight is 237 g/mol. The normalized spacial score (nSPS) is 11.8. The number of aliphatic carboxylic acids is 1.